The molecule has 1 aliphatic carbocycles. The van der Waals surface area contributed by atoms with E-state index in [1.165, 1.54) is 6.07 Å². The standard InChI is InChI=1S/C16H22N2O3/c1-10-7-12(8-13(11(10)2)15(20)21)18-14(19)9-16(17)5-3-4-6-16/h7-8H,3-6,9,17H2,1-2H3,(H,18,19)(H,20,21). The maximum Gasteiger partial charge on any atom is 0.336 e. The van der Waals surface area contributed by atoms with E-state index in [-0.39, 0.29) is 17.9 Å². The number of carbonyl (C=O) groups excluding carboxylic acids is 1. The molecule has 2 rings (SSSR count). The third-order valence-electron chi connectivity index (χ3n) is 4.29. The Hall–Kier alpha value is -1.88. The van der Waals surface area contributed by atoms with Crippen LogP contribution in [0.4, 0.5) is 5.69 Å². The molecule has 1 saturated carbocycles. The number of carboxylic acids is 1. The Morgan fingerprint density at radius 3 is 2.48 bits per heavy atom. The predicted octanol–water partition coefficient (Wildman–Crippen LogP) is 2.60. The van der Waals surface area contributed by atoms with Crippen molar-refractivity contribution in [3.63, 3.8) is 0 Å². The van der Waals surface area contributed by atoms with Crippen LogP contribution in [0.2, 0.25) is 0 Å². The normalized spacial score (nSPS) is 16.7. The topological polar surface area (TPSA) is 92.4 Å². The first-order valence-electron chi connectivity index (χ1n) is 7.24. The van der Waals surface area contributed by atoms with Gasteiger partial charge in [0.25, 0.3) is 0 Å². The quantitative estimate of drug-likeness (QED) is 0.794. The van der Waals surface area contributed by atoms with Crippen molar-refractivity contribution in [1.82, 2.24) is 0 Å². The van der Waals surface area contributed by atoms with Gasteiger partial charge in [0.1, 0.15) is 0 Å². The molecule has 0 heterocycles. The van der Waals surface area contributed by atoms with Crippen molar-refractivity contribution >= 4 is 17.6 Å². The average Bonchev–Trinajstić information content (AvgIpc) is 2.79. The summed E-state index contributed by atoms with van der Waals surface area (Å²) >= 11 is 0. The summed E-state index contributed by atoms with van der Waals surface area (Å²) in [6.45, 7) is 3.59. The highest BCUT2D eigenvalue weighted by molar-refractivity contribution is 5.95. The number of aryl methyl sites for hydroxylation is 1. The largest absolute Gasteiger partial charge is 0.478 e. The number of carbonyl (C=O) groups is 2. The van der Waals surface area contributed by atoms with Gasteiger partial charge in [-0.2, -0.15) is 0 Å². The summed E-state index contributed by atoms with van der Waals surface area (Å²) in [5.74, 6) is -1.14. The summed E-state index contributed by atoms with van der Waals surface area (Å²) in [7, 11) is 0. The molecule has 0 aromatic heterocycles. The van der Waals surface area contributed by atoms with Gasteiger partial charge in [-0.25, -0.2) is 4.79 Å². The lowest BCUT2D eigenvalue weighted by atomic mass is 9.94. The van der Waals surface area contributed by atoms with Gasteiger partial charge >= 0.3 is 5.97 Å². The van der Waals surface area contributed by atoms with Crippen molar-refractivity contribution < 1.29 is 14.7 Å². The lowest BCUT2D eigenvalue weighted by molar-refractivity contribution is -0.117. The molecule has 1 aromatic carbocycles. The molecule has 1 aliphatic rings. The van der Waals surface area contributed by atoms with Crippen molar-refractivity contribution in [2.45, 2.75) is 51.5 Å². The maximum atomic E-state index is 12.1. The van der Waals surface area contributed by atoms with Crippen LogP contribution >= 0.6 is 0 Å². The highest BCUT2D eigenvalue weighted by atomic mass is 16.4. The molecule has 5 nitrogen and oxygen atoms in total. The zero-order valence-electron chi connectivity index (χ0n) is 12.5. The molecule has 0 unspecified atom stereocenters. The number of hydrogen-bond donors (Lipinski definition) is 3. The Morgan fingerprint density at radius 1 is 1.29 bits per heavy atom. The van der Waals surface area contributed by atoms with E-state index in [4.69, 9.17) is 5.73 Å². The molecule has 0 atom stereocenters. The number of anilines is 1. The minimum absolute atomic E-state index is 0.154. The summed E-state index contributed by atoms with van der Waals surface area (Å²) in [6, 6.07) is 3.29. The minimum atomic E-state index is -0.988. The van der Waals surface area contributed by atoms with Gasteiger partial charge in [0.15, 0.2) is 0 Å². The van der Waals surface area contributed by atoms with Gasteiger partial charge in [0, 0.05) is 17.6 Å². The zero-order valence-corrected chi connectivity index (χ0v) is 12.5. The number of nitrogens with two attached hydrogens (primary N) is 1. The smallest absolute Gasteiger partial charge is 0.336 e. The predicted molar refractivity (Wildman–Crippen MR) is 81.5 cm³/mol. The molecule has 0 bridgehead atoms. The SMILES string of the molecule is Cc1cc(NC(=O)CC2(N)CCCC2)cc(C(=O)O)c1C. The first kappa shape index (κ1) is 15.5. The van der Waals surface area contributed by atoms with Gasteiger partial charge in [0.05, 0.1) is 5.56 Å². The molecule has 21 heavy (non-hydrogen) atoms. The molecule has 1 amide bonds. The Morgan fingerprint density at radius 2 is 1.90 bits per heavy atom. The second kappa shape index (κ2) is 5.85. The molecule has 0 radical (unpaired) electrons. The van der Waals surface area contributed by atoms with Crippen molar-refractivity contribution in [2.24, 2.45) is 5.73 Å². The molecule has 0 aliphatic heterocycles. The van der Waals surface area contributed by atoms with Crippen molar-refractivity contribution in [3.8, 4) is 0 Å². The molecule has 4 N–H and O–H groups in total. The molecule has 0 spiro atoms. The van der Waals surface area contributed by atoms with Crippen LogP contribution < -0.4 is 11.1 Å². The van der Waals surface area contributed by atoms with Gasteiger partial charge in [-0.1, -0.05) is 12.8 Å². The van der Waals surface area contributed by atoms with Crippen LogP contribution in [0.1, 0.15) is 53.6 Å². The number of carboxylic acid groups (broad SMARTS) is 1. The second-order valence-corrected chi connectivity index (χ2v) is 6.07. The number of benzene rings is 1. The van der Waals surface area contributed by atoms with E-state index < -0.39 is 11.5 Å². The minimum Gasteiger partial charge on any atom is -0.478 e. The van der Waals surface area contributed by atoms with Crippen molar-refractivity contribution in [3.05, 3.63) is 28.8 Å². The van der Waals surface area contributed by atoms with Crippen LogP contribution in [-0.4, -0.2) is 22.5 Å². The molecule has 5 heteroatoms. The highest BCUT2D eigenvalue weighted by Crippen LogP contribution is 2.30. The Kier molecular flexibility index (Phi) is 4.32. The second-order valence-electron chi connectivity index (χ2n) is 6.07. The number of amides is 1. The van der Waals surface area contributed by atoms with E-state index >= 15 is 0 Å². The Labute approximate surface area is 124 Å². The van der Waals surface area contributed by atoms with Gasteiger partial charge in [-0.05, 0) is 49.9 Å². The molecular weight excluding hydrogens is 268 g/mol. The summed E-state index contributed by atoms with van der Waals surface area (Å²) < 4.78 is 0. The molecule has 0 saturated heterocycles. The maximum absolute atomic E-state index is 12.1. The van der Waals surface area contributed by atoms with Gasteiger partial charge in [0.2, 0.25) is 5.91 Å². The molecule has 114 valence electrons. The fourth-order valence-electron chi connectivity index (χ4n) is 2.93. The van der Waals surface area contributed by atoms with E-state index in [1.807, 2.05) is 6.92 Å². The van der Waals surface area contributed by atoms with Gasteiger partial charge in [-0.15, -0.1) is 0 Å². The number of hydrogen-bond acceptors (Lipinski definition) is 3. The van der Waals surface area contributed by atoms with Crippen molar-refractivity contribution in [1.29, 1.82) is 0 Å². The van der Waals surface area contributed by atoms with E-state index in [1.54, 1.807) is 13.0 Å². The van der Waals surface area contributed by atoms with Gasteiger partial charge in [-0.3, -0.25) is 4.79 Å². The van der Waals surface area contributed by atoms with Crippen LogP contribution in [0.5, 0.6) is 0 Å². The fraction of sp³-hybridized carbons (Fsp3) is 0.500. The van der Waals surface area contributed by atoms with Crippen LogP contribution in [0.25, 0.3) is 0 Å². The zero-order chi connectivity index (χ0) is 15.6. The van der Waals surface area contributed by atoms with E-state index in [2.05, 4.69) is 5.32 Å². The van der Waals surface area contributed by atoms with Crippen LogP contribution in [0.3, 0.4) is 0 Å². The Balaban J connectivity index is 2.12. The van der Waals surface area contributed by atoms with Crippen molar-refractivity contribution in [2.75, 3.05) is 5.32 Å². The molecular formula is C16H22N2O3. The summed E-state index contributed by atoms with van der Waals surface area (Å²) in [5.41, 5.74) is 8.08. The average molecular weight is 290 g/mol. The van der Waals surface area contributed by atoms with Gasteiger partial charge < -0.3 is 16.2 Å². The monoisotopic (exact) mass is 290 g/mol. The van der Waals surface area contributed by atoms with Crippen LogP contribution in [-0.2, 0) is 4.79 Å². The lowest BCUT2D eigenvalue weighted by Gasteiger charge is -2.22. The highest BCUT2D eigenvalue weighted by Gasteiger charge is 2.31. The van der Waals surface area contributed by atoms with Crippen LogP contribution in [0.15, 0.2) is 12.1 Å². The lowest BCUT2D eigenvalue weighted by Crippen LogP contribution is -2.40. The third-order valence-corrected chi connectivity index (χ3v) is 4.29. The van der Waals surface area contributed by atoms with E-state index in [9.17, 15) is 14.7 Å². The van der Waals surface area contributed by atoms with E-state index in [0.717, 1.165) is 31.2 Å². The number of rotatable bonds is 4. The van der Waals surface area contributed by atoms with Crippen LogP contribution in [0, 0.1) is 13.8 Å². The fourth-order valence-corrected chi connectivity index (χ4v) is 2.93. The first-order chi connectivity index (χ1) is 9.81. The number of aromatic carboxylic acids is 1. The van der Waals surface area contributed by atoms with E-state index in [0.29, 0.717) is 11.3 Å². The Bertz CT molecular complexity index is 575. The summed E-state index contributed by atoms with van der Waals surface area (Å²) in [5, 5.41) is 12.0. The first-order valence-corrected chi connectivity index (χ1v) is 7.24. The molecule has 1 aromatic rings. The summed E-state index contributed by atoms with van der Waals surface area (Å²) in [6.07, 6.45) is 4.15. The number of nitrogens with one attached hydrogen (secondary N) is 1. The third kappa shape index (κ3) is 3.61. The summed E-state index contributed by atoms with van der Waals surface area (Å²) in [4.78, 5) is 23.3. The molecule has 1 fully saturated rings.